The molecule has 0 aromatic carbocycles. The molecule has 1 aromatic heterocycles. The van der Waals surface area contributed by atoms with Crippen LogP contribution in [0.3, 0.4) is 0 Å². The van der Waals surface area contributed by atoms with E-state index in [1.807, 2.05) is 19.9 Å². The van der Waals surface area contributed by atoms with Gasteiger partial charge in [0.2, 0.25) is 0 Å². The standard InChI is InChI=1S/C10H9NO2S/c1-6-3-8(7(2)14-6)4-9(5-11)10(12)13/h3-4H,1-2H3,(H,12,13). The van der Waals surface area contributed by atoms with Crippen molar-refractivity contribution in [3.05, 3.63) is 27.0 Å². The zero-order chi connectivity index (χ0) is 10.7. The molecule has 0 aliphatic rings. The highest BCUT2D eigenvalue weighted by Gasteiger charge is 2.07. The molecule has 14 heavy (non-hydrogen) atoms. The molecule has 72 valence electrons. The van der Waals surface area contributed by atoms with E-state index in [4.69, 9.17) is 10.4 Å². The number of carboxylic acid groups (broad SMARTS) is 1. The number of hydrogen-bond acceptors (Lipinski definition) is 3. The summed E-state index contributed by atoms with van der Waals surface area (Å²) in [4.78, 5) is 12.7. The first-order chi connectivity index (χ1) is 6.54. The molecule has 0 saturated heterocycles. The second kappa shape index (κ2) is 4.07. The number of thiophene rings is 1. The summed E-state index contributed by atoms with van der Waals surface area (Å²) in [6.45, 7) is 3.85. The van der Waals surface area contributed by atoms with Crippen LogP contribution in [-0.2, 0) is 4.79 Å². The van der Waals surface area contributed by atoms with E-state index < -0.39 is 5.97 Å². The predicted molar refractivity (Wildman–Crippen MR) is 55.0 cm³/mol. The second-order valence-corrected chi connectivity index (χ2v) is 4.30. The lowest BCUT2D eigenvalue weighted by Gasteiger charge is -1.90. The summed E-state index contributed by atoms with van der Waals surface area (Å²) in [6, 6.07) is 3.53. The normalized spacial score (nSPS) is 11.1. The Hall–Kier alpha value is -1.60. The maximum Gasteiger partial charge on any atom is 0.346 e. The molecule has 0 spiro atoms. The molecule has 0 fully saturated rings. The average molecular weight is 207 g/mol. The van der Waals surface area contributed by atoms with Crippen LogP contribution in [0.5, 0.6) is 0 Å². The lowest BCUT2D eigenvalue weighted by atomic mass is 10.1. The van der Waals surface area contributed by atoms with Gasteiger partial charge in [0.15, 0.2) is 0 Å². The van der Waals surface area contributed by atoms with E-state index in [0.29, 0.717) is 0 Å². The average Bonchev–Trinajstić information content (AvgIpc) is 2.40. The molecule has 0 atom stereocenters. The molecule has 4 heteroatoms. The number of nitriles is 1. The SMILES string of the molecule is Cc1cc(C=C(C#N)C(=O)O)c(C)s1. The zero-order valence-corrected chi connectivity index (χ0v) is 8.68. The Bertz CT molecular complexity index is 437. The molecule has 1 N–H and O–H groups in total. The number of nitrogens with zero attached hydrogens (tertiary/aromatic N) is 1. The third kappa shape index (κ3) is 2.21. The number of carboxylic acids is 1. The Balaban J connectivity index is 3.14. The van der Waals surface area contributed by atoms with E-state index in [1.54, 1.807) is 17.4 Å². The van der Waals surface area contributed by atoms with E-state index in [-0.39, 0.29) is 5.57 Å². The number of carbonyl (C=O) groups is 1. The largest absolute Gasteiger partial charge is 0.477 e. The minimum atomic E-state index is -1.18. The second-order valence-electron chi connectivity index (χ2n) is 2.84. The Kier molecular flexibility index (Phi) is 3.05. The predicted octanol–water partition coefficient (Wildman–Crippen LogP) is 2.36. The van der Waals surface area contributed by atoms with Gasteiger partial charge in [-0.1, -0.05) is 0 Å². The van der Waals surface area contributed by atoms with Crippen molar-refractivity contribution in [1.82, 2.24) is 0 Å². The van der Waals surface area contributed by atoms with Crippen LogP contribution in [0.15, 0.2) is 11.6 Å². The first-order valence-corrected chi connectivity index (χ1v) is 4.78. The fourth-order valence-electron chi connectivity index (χ4n) is 1.09. The topological polar surface area (TPSA) is 61.1 Å². The molecule has 0 bridgehead atoms. The van der Waals surface area contributed by atoms with Crippen molar-refractivity contribution in [2.24, 2.45) is 0 Å². The fraction of sp³-hybridized carbons (Fsp3) is 0.200. The first kappa shape index (κ1) is 10.5. The molecular formula is C10H9NO2S. The van der Waals surface area contributed by atoms with E-state index in [0.717, 1.165) is 15.3 Å². The van der Waals surface area contributed by atoms with Gasteiger partial charge in [0.1, 0.15) is 11.6 Å². The third-order valence-electron chi connectivity index (χ3n) is 1.73. The molecule has 0 amide bonds. The number of aryl methyl sites for hydroxylation is 2. The van der Waals surface area contributed by atoms with Gasteiger partial charge in [0.25, 0.3) is 0 Å². The van der Waals surface area contributed by atoms with Crippen molar-refractivity contribution in [3.63, 3.8) is 0 Å². The van der Waals surface area contributed by atoms with Gasteiger partial charge < -0.3 is 5.11 Å². The highest BCUT2D eigenvalue weighted by molar-refractivity contribution is 7.12. The van der Waals surface area contributed by atoms with Crippen LogP contribution in [0.1, 0.15) is 15.3 Å². The smallest absolute Gasteiger partial charge is 0.346 e. The molecule has 0 radical (unpaired) electrons. The first-order valence-electron chi connectivity index (χ1n) is 3.96. The van der Waals surface area contributed by atoms with Crippen molar-refractivity contribution in [2.45, 2.75) is 13.8 Å². The summed E-state index contributed by atoms with van der Waals surface area (Å²) >= 11 is 1.59. The van der Waals surface area contributed by atoms with Gasteiger partial charge in [-0.05, 0) is 31.6 Å². The van der Waals surface area contributed by atoms with Gasteiger partial charge in [-0.25, -0.2) is 4.79 Å². The summed E-state index contributed by atoms with van der Waals surface area (Å²) in [5, 5.41) is 17.2. The lowest BCUT2D eigenvalue weighted by molar-refractivity contribution is -0.132. The van der Waals surface area contributed by atoms with Crippen LogP contribution in [0, 0.1) is 25.2 Å². The van der Waals surface area contributed by atoms with Crippen LogP contribution in [0.2, 0.25) is 0 Å². The Morgan fingerprint density at radius 3 is 2.64 bits per heavy atom. The number of hydrogen-bond donors (Lipinski definition) is 1. The summed E-state index contributed by atoms with van der Waals surface area (Å²) in [7, 11) is 0. The van der Waals surface area contributed by atoms with Crippen molar-refractivity contribution >= 4 is 23.4 Å². The van der Waals surface area contributed by atoms with Crippen molar-refractivity contribution < 1.29 is 9.90 Å². The summed E-state index contributed by atoms with van der Waals surface area (Å²) < 4.78 is 0. The molecular weight excluding hydrogens is 198 g/mol. The van der Waals surface area contributed by atoms with Crippen molar-refractivity contribution in [1.29, 1.82) is 5.26 Å². The maximum atomic E-state index is 10.6. The molecule has 1 rings (SSSR count). The van der Waals surface area contributed by atoms with Crippen LogP contribution in [-0.4, -0.2) is 11.1 Å². The van der Waals surface area contributed by atoms with Gasteiger partial charge in [-0.2, -0.15) is 5.26 Å². The maximum absolute atomic E-state index is 10.6. The highest BCUT2D eigenvalue weighted by atomic mass is 32.1. The molecule has 3 nitrogen and oxygen atoms in total. The van der Waals surface area contributed by atoms with E-state index in [1.165, 1.54) is 6.08 Å². The van der Waals surface area contributed by atoms with Crippen LogP contribution in [0.25, 0.3) is 6.08 Å². The number of aliphatic carboxylic acids is 1. The van der Waals surface area contributed by atoms with Gasteiger partial charge in [0, 0.05) is 9.75 Å². The van der Waals surface area contributed by atoms with Crippen molar-refractivity contribution in [3.8, 4) is 6.07 Å². The summed E-state index contributed by atoms with van der Waals surface area (Å²) in [5.74, 6) is -1.18. The molecule has 0 saturated carbocycles. The van der Waals surface area contributed by atoms with E-state index >= 15 is 0 Å². The molecule has 1 aromatic rings. The minimum Gasteiger partial charge on any atom is -0.477 e. The quantitative estimate of drug-likeness (QED) is 0.598. The van der Waals surface area contributed by atoms with Gasteiger partial charge in [-0.15, -0.1) is 11.3 Å². The van der Waals surface area contributed by atoms with Gasteiger partial charge >= 0.3 is 5.97 Å². The van der Waals surface area contributed by atoms with E-state index in [9.17, 15) is 4.79 Å². The minimum absolute atomic E-state index is 0.231. The van der Waals surface area contributed by atoms with Crippen LogP contribution < -0.4 is 0 Å². The van der Waals surface area contributed by atoms with Gasteiger partial charge in [-0.3, -0.25) is 0 Å². The Morgan fingerprint density at radius 2 is 2.29 bits per heavy atom. The fourth-order valence-corrected chi connectivity index (χ4v) is 2.00. The zero-order valence-electron chi connectivity index (χ0n) is 7.87. The Labute approximate surface area is 85.9 Å². The monoisotopic (exact) mass is 207 g/mol. The summed E-state index contributed by atoms with van der Waals surface area (Å²) in [5.41, 5.74) is 0.581. The van der Waals surface area contributed by atoms with Gasteiger partial charge in [0.05, 0.1) is 0 Å². The molecule has 0 aliphatic heterocycles. The Morgan fingerprint density at radius 1 is 1.64 bits per heavy atom. The lowest BCUT2D eigenvalue weighted by Crippen LogP contribution is -1.97. The van der Waals surface area contributed by atoms with E-state index in [2.05, 4.69) is 0 Å². The third-order valence-corrected chi connectivity index (χ3v) is 2.71. The van der Waals surface area contributed by atoms with Crippen LogP contribution >= 0.6 is 11.3 Å². The van der Waals surface area contributed by atoms with Crippen LogP contribution in [0.4, 0.5) is 0 Å². The van der Waals surface area contributed by atoms with Crippen molar-refractivity contribution in [2.75, 3.05) is 0 Å². The molecule has 0 aliphatic carbocycles. The molecule has 0 unspecified atom stereocenters. The molecule has 1 heterocycles. The highest BCUT2D eigenvalue weighted by Crippen LogP contribution is 2.22. The number of rotatable bonds is 2. The summed E-state index contributed by atoms with van der Waals surface area (Å²) in [6.07, 6.45) is 1.40.